The second-order valence-corrected chi connectivity index (χ2v) is 4.84. The Labute approximate surface area is 109 Å². The van der Waals surface area contributed by atoms with E-state index in [0.717, 1.165) is 27.5 Å². The Morgan fingerprint density at radius 2 is 1.84 bits per heavy atom. The molecule has 0 amide bonds. The standard InChI is InChI=1S/C16H11FN2/c1-19-15-7-6-11(17)8-10(15)9-13-12-4-2-3-5-14(12)18-16(13)19/h2-9H,1H3/p+1. The number of hydrogen-bond donors (Lipinski definition) is 1. The van der Waals surface area contributed by atoms with Gasteiger partial charge in [-0.25, -0.2) is 13.9 Å². The minimum absolute atomic E-state index is 0.202. The molecule has 92 valence electrons. The third kappa shape index (κ3) is 1.38. The molecule has 19 heavy (non-hydrogen) atoms. The maximum atomic E-state index is 13.4. The lowest BCUT2D eigenvalue weighted by molar-refractivity contribution is -0.619. The number of fused-ring (bicyclic) bond motifs is 4. The van der Waals surface area contributed by atoms with Gasteiger partial charge in [-0.15, -0.1) is 0 Å². The van der Waals surface area contributed by atoms with E-state index in [1.165, 1.54) is 11.5 Å². The zero-order chi connectivity index (χ0) is 13.0. The van der Waals surface area contributed by atoms with Crippen LogP contribution in [0.3, 0.4) is 0 Å². The van der Waals surface area contributed by atoms with Crippen LogP contribution in [-0.4, -0.2) is 4.98 Å². The second kappa shape index (κ2) is 3.54. The molecule has 4 aromatic rings. The number of benzene rings is 2. The first-order valence-corrected chi connectivity index (χ1v) is 6.23. The first kappa shape index (κ1) is 10.5. The minimum Gasteiger partial charge on any atom is -0.240 e. The van der Waals surface area contributed by atoms with Gasteiger partial charge in [-0.05, 0) is 36.4 Å². The fraction of sp³-hybridized carbons (Fsp3) is 0.0625. The summed E-state index contributed by atoms with van der Waals surface area (Å²) in [6.07, 6.45) is 0. The number of H-pyrrole nitrogens is 1. The van der Waals surface area contributed by atoms with E-state index >= 15 is 0 Å². The van der Waals surface area contributed by atoms with Crippen LogP contribution in [-0.2, 0) is 7.05 Å². The summed E-state index contributed by atoms with van der Waals surface area (Å²) in [5.41, 5.74) is 3.17. The van der Waals surface area contributed by atoms with Crippen molar-refractivity contribution in [2.24, 2.45) is 7.05 Å². The Morgan fingerprint density at radius 3 is 2.74 bits per heavy atom. The number of nitrogens with one attached hydrogen (secondary N) is 1. The predicted molar refractivity (Wildman–Crippen MR) is 74.4 cm³/mol. The average molecular weight is 251 g/mol. The molecule has 4 rings (SSSR count). The Balaban J connectivity index is 2.30. The SMILES string of the molecule is C[n+]1c2ccc(F)cc2cc2c3ccccc3[nH]c21. The van der Waals surface area contributed by atoms with E-state index < -0.39 is 0 Å². The predicted octanol–water partition coefficient (Wildman–Crippen LogP) is 3.44. The summed E-state index contributed by atoms with van der Waals surface area (Å²) < 4.78 is 15.5. The van der Waals surface area contributed by atoms with E-state index in [4.69, 9.17) is 0 Å². The molecule has 0 radical (unpaired) electrons. The number of aryl methyl sites for hydroxylation is 1. The highest BCUT2D eigenvalue weighted by Crippen LogP contribution is 2.26. The molecule has 0 aliphatic carbocycles. The second-order valence-electron chi connectivity index (χ2n) is 4.84. The zero-order valence-corrected chi connectivity index (χ0v) is 10.4. The van der Waals surface area contributed by atoms with Gasteiger partial charge in [0, 0.05) is 10.8 Å². The van der Waals surface area contributed by atoms with Gasteiger partial charge in [-0.2, -0.15) is 0 Å². The lowest BCUT2D eigenvalue weighted by Gasteiger charge is -2.01. The molecule has 0 saturated carbocycles. The number of hydrogen-bond acceptors (Lipinski definition) is 0. The number of aromatic nitrogens is 2. The van der Waals surface area contributed by atoms with Gasteiger partial charge in [0.05, 0.1) is 12.4 Å². The molecule has 0 spiro atoms. The quantitative estimate of drug-likeness (QED) is 0.462. The number of rotatable bonds is 0. The highest BCUT2D eigenvalue weighted by molar-refractivity contribution is 6.07. The minimum atomic E-state index is -0.202. The van der Waals surface area contributed by atoms with Gasteiger partial charge in [0.2, 0.25) is 0 Å². The van der Waals surface area contributed by atoms with Crippen molar-refractivity contribution in [1.82, 2.24) is 4.98 Å². The van der Waals surface area contributed by atoms with Crippen molar-refractivity contribution in [3.8, 4) is 0 Å². The summed E-state index contributed by atoms with van der Waals surface area (Å²) in [5, 5.41) is 3.20. The largest absolute Gasteiger partial charge is 0.287 e. The fourth-order valence-electron chi connectivity index (χ4n) is 2.78. The number of nitrogens with zero attached hydrogens (tertiary/aromatic N) is 1. The maximum Gasteiger partial charge on any atom is 0.287 e. The van der Waals surface area contributed by atoms with Crippen LogP contribution in [0.5, 0.6) is 0 Å². The van der Waals surface area contributed by atoms with E-state index in [2.05, 4.69) is 21.7 Å². The zero-order valence-electron chi connectivity index (χ0n) is 10.4. The summed E-state index contributed by atoms with van der Waals surface area (Å²) >= 11 is 0. The fourth-order valence-corrected chi connectivity index (χ4v) is 2.78. The van der Waals surface area contributed by atoms with E-state index in [1.807, 2.05) is 31.3 Å². The number of pyridine rings is 1. The number of para-hydroxylation sites is 1. The van der Waals surface area contributed by atoms with Gasteiger partial charge >= 0.3 is 0 Å². The molecule has 3 heteroatoms. The van der Waals surface area contributed by atoms with Gasteiger partial charge in [-0.3, -0.25) is 0 Å². The van der Waals surface area contributed by atoms with Crippen molar-refractivity contribution in [2.75, 3.05) is 0 Å². The molecular weight excluding hydrogens is 239 g/mol. The molecule has 0 bridgehead atoms. The lowest BCUT2D eigenvalue weighted by atomic mass is 10.1. The van der Waals surface area contributed by atoms with Crippen LogP contribution in [0.15, 0.2) is 48.5 Å². The van der Waals surface area contributed by atoms with Crippen molar-refractivity contribution >= 4 is 32.8 Å². The van der Waals surface area contributed by atoms with Crippen LogP contribution < -0.4 is 4.57 Å². The van der Waals surface area contributed by atoms with E-state index in [-0.39, 0.29) is 5.82 Å². The van der Waals surface area contributed by atoms with Crippen molar-refractivity contribution < 1.29 is 8.96 Å². The normalized spacial score (nSPS) is 11.7. The van der Waals surface area contributed by atoms with Crippen molar-refractivity contribution in [2.45, 2.75) is 0 Å². The van der Waals surface area contributed by atoms with Crippen LogP contribution in [0.25, 0.3) is 32.8 Å². The molecule has 0 saturated heterocycles. The molecule has 0 aliphatic heterocycles. The van der Waals surface area contributed by atoms with Gasteiger partial charge in [-0.1, -0.05) is 12.1 Å². The van der Waals surface area contributed by atoms with E-state index in [0.29, 0.717) is 0 Å². The molecule has 2 heterocycles. The first-order valence-electron chi connectivity index (χ1n) is 6.23. The van der Waals surface area contributed by atoms with Crippen molar-refractivity contribution in [1.29, 1.82) is 0 Å². The molecule has 0 aliphatic rings. The molecule has 2 nitrogen and oxygen atoms in total. The van der Waals surface area contributed by atoms with Crippen molar-refractivity contribution in [3.63, 3.8) is 0 Å². The van der Waals surface area contributed by atoms with Gasteiger partial charge in [0.1, 0.15) is 16.9 Å². The highest BCUT2D eigenvalue weighted by Gasteiger charge is 2.15. The summed E-state index contributed by atoms with van der Waals surface area (Å²) in [7, 11) is 2.00. The molecule has 0 fully saturated rings. The van der Waals surface area contributed by atoms with Crippen LogP contribution in [0, 0.1) is 5.82 Å². The molecule has 1 N–H and O–H groups in total. The van der Waals surface area contributed by atoms with Crippen LogP contribution in [0.2, 0.25) is 0 Å². The Morgan fingerprint density at radius 1 is 1.00 bits per heavy atom. The highest BCUT2D eigenvalue weighted by atomic mass is 19.1. The molecule has 0 atom stereocenters. The Hall–Kier alpha value is -2.42. The van der Waals surface area contributed by atoms with E-state index in [9.17, 15) is 4.39 Å². The summed E-state index contributed by atoms with van der Waals surface area (Å²) in [5.74, 6) is -0.202. The molecular formula is C16H12FN2+. The number of aromatic amines is 1. The third-order valence-corrected chi connectivity index (χ3v) is 3.71. The summed E-state index contributed by atoms with van der Waals surface area (Å²) in [4.78, 5) is 3.42. The molecule has 2 aromatic heterocycles. The van der Waals surface area contributed by atoms with Gasteiger partial charge in [0.15, 0.2) is 0 Å². The van der Waals surface area contributed by atoms with Crippen molar-refractivity contribution in [3.05, 3.63) is 54.3 Å². The van der Waals surface area contributed by atoms with E-state index in [1.54, 1.807) is 6.07 Å². The first-order chi connectivity index (χ1) is 9.24. The average Bonchev–Trinajstić information content (AvgIpc) is 2.78. The van der Waals surface area contributed by atoms with Crippen LogP contribution >= 0.6 is 0 Å². The monoisotopic (exact) mass is 251 g/mol. The lowest BCUT2D eigenvalue weighted by Crippen LogP contribution is -2.30. The molecule has 2 aromatic carbocycles. The third-order valence-electron chi connectivity index (χ3n) is 3.71. The van der Waals surface area contributed by atoms with Gasteiger partial charge in [0.25, 0.3) is 5.65 Å². The number of halogens is 1. The summed E-state index contributed by atoms with van der Waals surface area (Å²) in [6, 6.07) is 15.1. The van der Waals surface area contributed by atoms with Gasteiger partial charge < -0.3 is 0 Å². The Kier molecular flexibility index (Phi) is 1.96. The van der Waals surface area contributed by atoms with Crippen LogP contribution in [0.4, 0.5) is 4.39 Å². The summed E-state index contributed by atoms with van der Waals surface area (Å²) in [6.45, 7) is 0. The Bertz CT molecular complexity index is 938. The topological polar surface area (TPSA) is 19.7 Å². The maximum absolute atomic E-state index is 13.4. The smallest absolute Gasteiger partial charge is 0.240 e. The van der Waals surface area contributed by atoms with Crippen LogP contribution in [0.1, 0.15) is 0 Å². The molecule has 0 unspecified atom stereocenters.